The van der Waals surface area contributed by atoms with E-state index in [0.29, 0.717) is 12.3 Å². The summed E-state index contributed by atoms with van der Waals surface area (Å²) in [5.74, 6) is 0.546. The van der Waals surface area contributed by atoms with Gasteiger partial charge in [-0.25, -0.2) is 0 Å². The smallest absolute Gasteiger partial charge is 0.192 e. The van der Waals surface area contributed by atoms with Gasteiger partial charge in [0, 0.05) is 10.8 Å². The second-order valence-electron chi connectivity index (χ2n) is 17.2. The van der Waals surface area contributed by atoms with Crippen molar-refractivity contribution in [1.29, 1.82) is 0 Å². The Kier molecular flexibility index (Phi) is 8.27. The van der Waals surface area contributed by atoms with Crippen molar-refractivity contribution >= 4 is 16.6 Å². The van der Waals surface area contributed by atoms with Crippen molar-refractivity contribution in [2.45, 2.75) is 154 Å². The van der Waals surface area contributed by atoms with Crippen molar-refractivity contribution in [2.24, 2.45) is 22.7 Å². The maximum Gasteiger partial charge on any atom is 0.192 e. The van der Waals surface area contributed by atoms with Crippen LogP contribution in [0.15, 0.2) is 23.3 Å². The highest BCUT2D eigenvalue weighted by atomic mass is 28.4. The van der Waals surface area contributed by atoms with Crippen molar-refractivity contribution in [3.63, 3.8) is 0 Å². The average Bonchev–Trinajstić information content (AvgIpc) is 3.09. The monoisotopic (exact) mass is 592 g/mol. The third kappa shape index (κ3) is 4.91. The van der Waals surface area contributed by atoms with Crippen molar-refractivity contribution in [3.8, 4) is 0 Å². The van der Waals surface area contributed by atoms with Gasteiger partial charge in [0.2, 0.25) is 0 Å². The van der Waals surface area contributed by atoms with Crippen LogP contribution in [0.2, 0.25) is 36.3 Å². The van der Waals surface area contributed by atoms with Gasteiger partial charge < -0.3 is 24.2 Å². The summed E-state index contributed by atoms with van der Waals surface area (Å²) in [4.78, 5) is 0. The number of aliphatic hydroxyl groups excluding tert-OH is 2. The Bertz CT molecular complexity index is 1040. The average molecular weight is 593 g/mol. The Balaban J connectivity index is 1.75. The van der Waals surface area contributed by atoms with E-state index in [0.717, 1.165) is 32.1 Å². The van der Waals surface area contributed by atoms with Crippen LogP contribution in [0, 0.1) is 22.7 Å². The Labute approximate surface area is 247 Å². The van der Waals surface area contributed by atoms with Gasteiger partial charge in [0.05, 0.1) is 24.4 Å². The molecule has 230 valence electrons. The summed E-state index contributed by atoms with van der Waals surface area (Å²) in [5.41, 5.74) is 1.07. The molecule has 0 heterocycles. The molecule has 3 N–H and O–H groups in total. The lowest BCUT2D eigenvalue weighted by Crippen LogP contribution is -2.60. The summed E-state index contributed by atoms with van der Waals surface area (Å²) < 4.78 is 14.5. The first-order valence-electron chi connectivity index (χ1n) is 15.8. The third-order valence-electron chi connectivity index (χ3n) is 13.1. The predicted molar refractivity (Wildman–Crippen MR) is 169 cm³/mol. The van der Waals surface area contributed by atoms with Crippen LogP contribution >= 0.6 is 0 Å². The molecule has 0 saturated heterocycles. The summed E-state index contributed by atoms with van der Waals surface area (Å²) in [6, 6.07) is 0. The lowest BCUT2D eigenvalue weighted by molar-refractivity contribution is -0.167. The molecule has 0 aromatic heterocycles. The minimum Gasteiger partial charge on any atom is -0.414 e. The summed E-state index contributed by atoms with van der Waals surface area (Å²) in [6.45, 7) is 27.6. The topological polar surface area (TPSA) is 79.2 Å². The number of fused-ring (bicyclic) bond motifs is 5. The first-order valence-corrected chi connectivity index (χ1v) is 21.6. The molecule has 0 aromatic rings. The zero-order chi connectivity index (χ0) is 30.3. The molecule has 4 aliphatic rings. The molecule has 0 spiro atoms. The van der Waals surface area contributed by atoms with E-state index >= 15 is 0 Å². The van der Waals surface area contributed by atoms with E-state index in [2.05, 4.69) is 93.7 Å². The molecule has 4 rings (SSSR count). The standard InChI is InChI=1S/C33H60O5Si2/c1-29(2,3)39(9,10)37-23-19-22-13-14-24-25-16-18-33(36,27(35)21-34)31(25,7)17-15-26(24)32(22,8)28(20-23)38-40(11,12)30(4,5)6/h13-14,23,25-28,34-36H,15-21H2,1-12H3/t23-,25+,26+,27?,28+,31+,32+,33+/m1/s1. The lowest BCUT2D eigenvalue weighted by Gasteiger charge is -2.60. The van der Waals surface area contributed by atoms with Crippen LogP contribution in [0.4, 0.5) is 0 Å². The molecular formula is C33H60O5Si2. The van der Waals surface area contributed by atoms with Crippen molar-refractivity contribution < 1.29 is 24.2 Å². The van der Waals surface area contributed by atoms with Crippen LogP contribution in [0.5, 0.6) is 0 Å². The third-order valence-corrected chi connectivity index (χ3v) is 22.1. The predicted octanol–water partition coefficient (Wildman–Crippen LogP) is 7.34. The van der Waals surface area contributed by atoms with Crippen molar-refractivity contribution in [3.05, 3.63) is 23.3 Å². The van der Waals surface area contributed by atoms with Crippen LogP contribution in [-0.4, -0.2) is 62.5 Å². The fourth-order valence-corrected chi connectivity index (χ4v) is 10.9. The number of hydrogen-bond donors (Lipinski definition) is 3. The number of allylic oxidation sites excluding steroid dienone is 3. The highest BCUT2D eigenvalue weighted by Crippen LogP contribution is 2.67. The number of hydrogen-bond acceptors (Lipinski definition) is 5. The quantitative estimate of drug-likeness (QED) is 0.281. The van der Waals surface area contributed by atoms with Crippen LogP contribution in [-0.2, 0) is 8.85 Å². The summed E-state index contributed by atoms with van der Waals surface area (Å²) in [6.07, 6.45) is 8.91. The molecule has 0 bridgehead atoms. The maximum absolute atomic E-state index is 11.7. The van der Waals surface area contributed by atoms with E-state index in [-0.39, 0.29) is 33.6 Å². The van der Waals surface area contributed by atoms with Gasteiger partial charge in [-0.2, -0.15) is 0 Å². The fraction of sp³-hybridized carbons (Fsp3) is 0.879. The normalized spacial score (nSPS) is 39.6. The fourth-order valence-electron chi connectivity index (χ4n) is 8.14. The summed E-state index contributed by atoms with van der Waals surface area (Å²) >= 11 is 0. The molecule has 0 aromatic carbocycles. The number of aliphatic hydroxyl groups is 3. The van der Waals surface area contributed by atoms with Crippen molar-refractivity contribution in [2.75, 3.05) is 6.61 Å². The minimum absolute atomic E-state index is 0.0736. The zero-order valence-corrected chi connectivity index (χ0v) is 29.6. The van der Waals surface area contributed by atoms with Gasteiger partial charge in [0.15, 0.2) is 16.6 Å². The second kappa shape index (κ2) is 10.1. The molecule has 8 atom stereocenters. The molecule has 7 heteroatoms. The Hall–Kier alpha value is -0.286. The van der Waals surface area contributed by atoms with Gasteiger partial charge in [-0.3, -0.25) is 0 Å². The molecule has 3 saturated carbocycles. The Morgan fingerprint density at radius 2 is 1.45 bits per heavy atom. The van der Waals surface area contributed by atoms with Gasteiger partial charge in [0.25, 0.3) is 0 Å². The lowest BCUT2D eigenvalue weighted by atomic mass is 9.49. The molecule has 4 aliphatic carbocycles. The van der Waals surface area contributed by atoms with E-state index in [1.165, 1.54) is 11.1 Å². The molecular weight excluding hydrogens is 533 g/mol. The van der Waals surface area contributed by atoms with E-state index < -0.39 is 40.4 Å². The maximum atomic E-state index is 11.7. The van der Waals surface area contributed by atoms with Crippen molar-refractivity contribution in [1.82, 2.24) is 0 Å². The largest absolute Gasteiger partial charge is 0.414 e. The van der Waals surface area contributed by atoms with Crippen LogP contribution in [0.1, 0.15) is 93.9 Å². The van der Waals surface area contributed by atoms with E-state index in [1.54, 1.807) is 0 Å². The Morgan fingerprint density at radius 3 is 2.00 bits per heavy atom. The molecule has 0 aliphatic heterocycles. The van der Waals surface area contributed by atoms with E-state index in [4.69, 9.17) is 8.85 Å². The summed E-state index contributed by atoms with van der Waals surface area (Å²) in [5, 5.41) is 32.5. The Morgan fingerprint density at radius 1 is 0.900 bits per heavy atom. The van der Waals surface area contributed by atoms with Gasteiger partial charge in [0.1, 0.15) is 6.10 Å². The summed E-state index contributed by atoms with van der Waals surface area (Å²) in [7, 11) is -4.02. The first-order chi connectivity index (χ1) is 18.0. The molecule has 3 fully saturated rings. The van der Waals surface area contributed by atoms with Gasteiger partial charge in [-0.05, 0) is 86.6 Å². The van der Waals surface area contributed by atoms with Gasteiger partial charge in [-0.1, -0.05) is 78.7 Å². The molecule has 5 nitrogen and oxygen atoms in total. The van der Waals surface area contributed by atoms with Crippen LogP contribution in [0.3, 0.4) is 0 Å². The van der Waals surface area contributed by atoms with Crippen LogP contribution < -0.4 is 0 Å². The minimum atomic E-state index is -2.07. The highest BCUT2D eigenvalue weighted by Gasteiger charge is 2.65. The SMILES string of the molecule is CC(C)(C)[Si](C)(C)O[C@@H]1CC2=CC=C3[C@H](CC[C@@]4(C)[C@H]3CC[C@]4(O)C(O)CO)[C@@]2(C)[C@@H](O[Si](C)(C)C(C)(C)C)C1. The van der Waals surface area contributed by atoms with Gasteiger partial charge >= 0.3 is 0 Å². The highest BCUT2D eigenvalue weighted by molar-refractivity contribution is 6.74. The van der Waals surface area contributed by atoms with Gasteiger partial charge in [-0.15, -0.1) is 0 Å². The first kappa shape index (κ1) is 32.6. The van der Waals surface area contributed by atoms with E-state index in [9.17, 15) is 15.3 Å². The van der Waals surface area contributed by atoms with E-state index in [1.807, 2.05) is 0 Å². The molecule has 0 radical (unpaired) electrons. The second-order valence-corrected chi connectivity index (χ2v) is 26.7. The molecule has 0 amide bonds. The zero-order valence-electron chi connectivity index (χ0n) is 27.6. The van der Waals surface area contributed by atoms with Crippen LogP contribution in [0.25, 0.3) is 0 Å². The molecule has 40 heavy (non-hydrogen) atoms. The molecule has 1 unspecified atom stereocenters. The number of rotatable bonds is 6.